The highest BCUT2D eigenvalue weighted by molar-refractivity contribution is 5.93. The third-order valence-electron chi connectivity index (χ3n) is 2.44. The summed E-state index contributed by atoms with van der Waals surface area (Å²) in [6.07, 6.45) is 3.96. The Bertz CT molecular complexity index is 544. The zero-order chi connectivity index (χ0) is 12.1. The van der Waals surface area contributed by atoms with Crippen molar-refractivity contribution in [3.05, 3.63) is 71.3 Å². The van der Waals surface area contributed by atoms with E-state index < -0.39 is 5.91 Å². The van der Waals surface area contributed by atoms with Gasteiger partial charge in [0.25, 0.3) is 0 Å². The Labute approximate surface area is 100 Å². The van der Waals surface area contributed by atoms with Crippen molar-refractivity contribution in [3.8, 4) is 0 Å². The molecule has 0 aliphatic rings. The van der Waals surface area contributed by atoms with Crippen molar-refractivity contribution < 1.29 is 4.79 Å². The fourth-order valence-corrected chi connectivity index (χ4v) is 1.55. The maximum atomic E-state index is 11.0. The maximum Gasteiger partial charge on any atom is 0.248 e. The molecular weight excluding hydrogens is 210 g/mol. The molecule has 0 bridgehead atoms. The van der Waals surface area contributed by atoms with E-state index in [4.69, 9.17) is 5.73 Å². The summed E-state index contributed by atoms with van der Waals surface area (Å²) < 4.78 is 0. The molecule has 0 fully saturated rings. The first-order chi connectivity index (χ1) is 8.25. The van der Waals surface area contributed by atoms with E-state index in [-0.39, 0.29) is 0 Å². The van der Waals surface area contributed by atoms with E-state index in [2.05, 4.69) is 0 Å². The normalized spacial score (nSPS) is 10.6. The molecule has 0 unspecified atom stereocenters. The number of nitrogens with two attached hydrogens (primary N) is 1. The van der Waals surface area contributed by atoms with Gasteiger partial charge in [-0.25, -0.2) is 0 Å². The van der Waals surface area contributed by atoms with E-state index in [0.717, 1.165) is 11.1 Å². The topological polar surface area (TPSA) is 43.1 Å². The second-order valence-electron chi connectivity index (χ2n) is 3.73. The zero-order valence-corrected chi connectivity index (χ0v) is 9.34. The molecule has 0 aliphatic carbocycles. The Hall–Kier alpha value is -2.35. The molecule has 0 heterocycles. The predicted octanol–water partition coefficient (Wildman–Crippen LogP) is 2.96. The van der Waals surface area contributed by atoms with Gasteiger partial charge < -0.3 is 5.73 Å². The minimum Gasteiger partial charge on any atom is -0.366 e. The molecule has 0 aromatic heterocycles. The number of rotatable bonds is 3. The fourth-order valence-electron chi connectivity index (χ4n) is 1.55. The van der Waals surface area contributed by atoms with Crippen LogP contribution in [0.4, 0.5) is 0 Å². The summed E-state index contributed by atoms with van der Waals surface area (Å²) in [6, 6.07) is 17.2. The minimum absolute atomic E-state index is 0.403. The SMILES string of the molecule is NC(=O)c1cccc(C=Cc2ccccc2)c1. The van der Waals surface area contributed by atoms with E-state index in [1.807, 2.05) is 54.6 Å². The predicted molar refractivity (Wildman–Crippen MR) is 70.3 cm³/mol. The molecule has 2 N–H and O–H groups in total. The first-order valence-corrected chi connectivity index (χ1v) is 5.39. The Morgan fingerprint density at radius 3 is 2.24 bits per heavy atom. The van der Waals surface area contributed by atoms with Crippen molar-refractivity contribution in [2.45, 2.75) is 0 Å². The number of amides is 1. The first-order valence-electron chi connectivity index (χ1n) is 5.39. The first kappa shape index (κ1) is 11.1. The van der Waals surface area contributed by atoms with Gasteiger partial charge in [-0.1, -0.05) is 54.6 Å². The van der Waals surface area contributed by atoms with Crippen molar-refractivity contribution >= 4 is 18.1 Å². The molecule has 2 nitrogen and oxygen atoms in total. The lowest BCUT2D eigenvalue weighted by Gasteiger charge is -1.97. The van der Waals surface area contributed by atoms with Gasteiger partial charge >= 0.3 is 0 Å². The average Bonchev–Trinajstić information content (AvgIpc) is 2.38. The minimum atomic E-state index is -0.403. The van der Waals surface area contributed by atoms with Crippen molar-refractivity contribution in [1.82, 2.24) is 0 Å². The number of carbonyl (C=O) groups excluding carboxylic acids is 1. The summed E-state index contributed by atoms with van der Waals surface area (Å²) in [5.74, 6) is -0.403. The molecule has 0 atom stereocenters. The number of benzene rings is 2. The monoisotopic (exact) mass is 223 g/mol. The standard InChI is InChI=1S/C15H13NO/c16-15(17)14-8-4-7-13(11-14)10-9-12-5-2-1-3-6-12/h1-11H,(H2,16,17). The van der Waals surface area contributed by atoms with Crippen LogP contribution in [0, 0.1) is 0 Å². The van der Waals surface area contributed by atoms with Gasteiger partial charge in [0.1, 0.15) is 0 Å². The lowest BCUT2D eigenvalue weighted by Crippen LogP contribution is -2.10. The largest absolute Gasteiger partial charge is 0.366 e. The van der Waals surface area contributed by atoms with Gasteiger partial charge in [-0.2, -0.15) is 0 Å². The zero-order valence-electron chi connectivity index (χ0n) is 9.34. The third kappa shape index (κ3) is 3.05. The smallest absolute Gasteiger partial charge is 0.248 e. The Kier molecular flexibility index (Phi) is 3.36. The summed E-state index contributed by atoms with van der Waals surface area (Å²) in [4.78, 5) is 11.0. The fraction of sp³-hybridized carbons (Fsp3) is 0. The molecule has 2 heteroatoms. The molecule has 1 amide bonds. The molecule has 0 saturated heterocycles. The molecule has 2 aromatic rings. The summed E-state index contributed by atoms with van der Waals surface area (Å²) in [5, 5.41) is 0. The molecule has 17 heavy (non-hydrogen) atoms. The molecule has 0 spiro atoms. The van der Waals surface area contributed by atoms with Crippen LogP contribution in [0.5, 0.6) is 0 Å². The second-order valence-corrected chi connectivity index (χ2v) is 3.73. The van der Waals surface area contributed by atoms with Crippen LogP contribution in [0.1, 0.15) is 21.5 Å². The van der Waals surface area contributed by atoms with Crippen LogP contribution in [0.25, 0.3) is 12.2 Å². The van der Waals surface area contributed by atoms with Gasteiger partial charge in [-0.15, -0.1) is 0 Å². The van der Waals surface area contributed by atoms with E-state index in [1.165, 1.54) is 0 Å². The van der Waals surface area contributed by atoms with Crippen LogP contribution in [0.15, 0.2) is 54.6 Å². The van der Waals surface area contributed by atoms with Crippen LogP contribution in [0.3, 0.4) is 0 Å². The summed E-state index contributed by atoms with van der Waals surface area (Å²) in [5.41, 5.74) is 7.84. The summed E-state index contributed by atoms with van der Waals surface area (Å²) >= 11 is 0. The van der Waals surface area contributed by atoms with Crippen molar-refractivity contribution in [3.63, 3.8) is 0 Å². The van der Waals surface area contributed by atoms with Crippen LogP contribution in [-0.4, -0.2) is 5.91 Å². The maximum absolute atomic E-state index is 11.0. The van der Waals surface area contributed by atoms with Gasteiger partial charge in [-0.05, 0) is 23.3 Å². The lowest BCUT2D eigenvalue weighted by atomic mass is 10.1. The number of primary amides is 1. The van der Waals surface area contributed by atoms with E-state index in [9.17, 15) is 4.79 Å². The summed E-state index contributed by atoms with van der Waals surface area (Å²) in [7, 11) is 0. The van der Waals surface area contributed by atoms with E-state index in [0.29, 0.717) is 5.56 Å². The van der Waals surface area contributed by atoms with E-state index in [1.54, 1.807) is 12.1 Å². The molecule has 0 aliphatic heterocycles. The van der Waals surface area contributed by atoms with Crippen molar-refractivity contribution in [1.29, 1.82) is 0 Å². The number of carbonyl (C=O) groups is 1. The number of hydrogen-bond donors (Lipinski definition) is 1. The highest BCUT2D eigenvalue weighted by atomic mass is 16.1. The molecule has 0 saturated carbocycles. The van der Waals surface area contributed by atoms with Gasteiger partial charge in [-0.3, -0.25) is 4.79 Å². The quantitative estimate of drug-likeness (QED) is 0.799. The van der Waals surface area contributed by atoms with Gasteiger partial charge in [0, 0.05) is 5.56 Å². The van der Waals surface area contributed by atoms with Crippen LogP contribution >= 0.6 is 0 Å². The molecule has 2 rings (SSSR count). The van der Waals surface area contributed by atoms with Gasteiger partial charge in [0.15, 0.2) is 0 Å². The van der Waals surface area contributed by atoms with Crippen molar-refractivity contribution in [2.75, 3.05) is 0 Å². The number of hydrogen-bond acceptors (Lipinski definition) is 1. The van der Waals surface area contributed by atoms with Crippen LogP contribution in [-0.2, 0) is 0 Å². The molecule has 84 valence electrons. The third-order valence-corrected chi connectivity index (χ3v) is 2.44. The Balaban J connectivity index is 2.22. The Morgan fingerprint density at radius 1 is 0.882 bits per heavy atom. The highest BCUT2D eigenvalue weighted by Gasteiger charge is 1.98. The highest BCUT2D eigenvalue weighted by Crippen LogP contribution is 2.10. The van der Waals surface area contributed by atoms with Gasteiger partial charge in [0.05, 0.1) is 0 Å². The van der Waals surface area contributed by atoms with Crippen LogP contribution in [0.2, 0.25) is 0 Å². The molecule has 0 radical (unpaired) electrons. The summed E-state index contributed by atoms with van der Waals surface area (Å²) in [6.45, 7) is 0. The second kappa shape index (κ2) is 5.12. The van der Waals surface area contributed by atoms with Crippen molar-refractivity contribution in [2.24, 2.45) is 5.73 Å². The molecular formula is C15H13NO. The average molecular weight is 223 g/mol. The van der Waals surface area contributed by atoms with Gasteiger partial charge in [0.2, 0.25) is 5.91 Å². The van der Waals surface area contributed by atoms with Crippen LogP contribution < -0.4 is 5.73 Å². The molecule has 2 aromatic carbocycles. The Morgan fingerprint density at radius 2 is 1.53 bits per heavy atom. The van der Waals surface area contributed by atoms with E-state index >= 15 is 0 Å². The lowest BCUT2D eigenvalue weighted by molar-refractivity contribution is 0.100.